The zero-order chi connectivity index (χ0) is 14.0. The third-order valence-corrected chi connectivity index (χ3v) is 3.89. The molecule has 1 saturated heterocycles. The second-order valence-corrected chi connectivity index (χ2v) is 5.86. The first-order valence-corrected chi connectivity index (χ1v) is 7.05. The van der Waals surface area contributed by atoms with E-state index in [1.807, 2.05) is 42.2 Å². The molecule has 1 N–H and O–H groups in total. The van der Waals surface area contributed by atoms with Crippen molar-refractivity contribution in [3.05, 3.63) is 35.9 Å². The molecule has 1 aliphatic heterocycles. The molecule has 1 aromatic rings. The second-order valence-electron chi connectivity index (χ2n) is 5.86. The van der Waals surface area contributed by atoms with Crippen molar-refractivity contribution in [2.75, 3.05) is 0 Å². The summed E-state index contributed by atoms with van der Waals surface area (Å²) in [5.74, 6) is 0.533. The average molecular weight is 261 g/mol. The van der Waals surface area contributed by atoms with Crippen LogP contribution in [0.4, 0.5) is 0 Å². The van der Waals surface area contributed by atoms with Gasteiger partial charge >= 0.3 is 0 Å². The minimum atomic E-state index is -0.527. The molecule has 1 fully saturated rings. The highest BCUT2D eigenvalue weighted by molar-refractivity contribution is 5.80. The number of rotatable bonds is 4. The highest BCUT2D eigenvalue weighted by atomic mass is 16.3. The van der Waals surface area contributed by atoms with Crippen LogP contribution in [0.15, 0.2) is 30.3 Å². The van der Waals surface area contributed by atoms with E-state index in [0.29, 0.717) is 5.92 Å². The summed E-state index contributed by atoms with van der Waals surface area (Å²) >= 11 is 0. The largest absolute Gasteiger partial charge is 0.390 e. The minimum absolute atomic E-state index is 0.0228. The van der Waals surface area contributed by atoms with Crippen molar-refractivity contribution in [3.8, 4) is 0 Å². The lowest BCUT2D eigenvalue weighted by molar-refractivity contribution is -0.131. The number of carbonyl (C=O) groups excluding carboxylic acids is 1. The van der Waals surface area contributed by atoms with Gasteiger partial charge in [-0.3, -0.25) is 4.79 Å². The molecule has 1 heterocycles. The summed E-state index contributed by atoms with van der Waals surface area (Å²) in [4.78, 5) is 14.0. The fourth-order valence-electron chi connectivity index (χ4n) is 2.94. The lowest BCUT2D eigenvalue weighted by atomic mass is 9.98. The highest BCUT2D eigenvalue weighted by Gasteiger charge is 2.41. The Hall–Kier alpha value is -1.35. The first-order chi connectivity index (χ1) is 9.00. The fourth-order valence-corrected chi connectivity index (χ4v) is 2.94. The summed E-state index contributed by atoms with van der Waals surface area (Å²) in [5.41, 5.74) is 1.12. The van der Waals surface area contributed by atoms with E-state index in [0.717, 1.165) is 12.0 Å². The summed E-state index contributed by atoms with van der Waals surface area (Å²) in [5, 5.41) is 10.1. The van der Waals surface area contributed by atoms with Crippen molar-refractivity contribution in [1.82, 2.24) is 4.90 Å². The van der Waals surface area contributed by atoms with E-state index in [2.05, 4.69) is 13.8 Å². The number of hydrogen-bond donors (Lipinski definition) is 1. The zero-order valence-electron chi connectivity index (χ0n) is 11.9. The van der Waals surface area contributed by atoms with Gasteiger partial charge in [-0.1, -0.05) is 44.2 Å². The van der Waals surface area contributed by atoms with E-state index < -0.39 is 6.10 Å². The molecule has 0 unspecified atom stereocenters. The van der Waals surface area contributed by atoms with Crippen LogP contribution >= 0.6 is 0 Å². The van der Waals surface area contributed by atoms with Crippen LogP contribution < -0.4 is 0 Å². The van der Waals surface area contributed by atoms with Crippen LogP contribution in [0.2, 0.25) is 0 Å². The Kier molecular flexibility index (Phi) is 4.25. The highest BCUT2D eigenvalue weighted by Crippen LogP contribution is 2.33. The summed E-state index contributed by atoms with van der Waals surface area (Å²) in [6, 6.07) is 9.99. The SMILES string of the molecule is CC(C)C[C@H]1[C@@H](O)CC(=O)N1[C@H](C)c1ccccc1. The smallest absolute Gasteiger partial charge is 0.226 e. The van der Waals surface area contributed by atoms with Gasteiger partial charge < -0.3 is 10.0 Å². The third kappa shape index (κ3) is 2.98. The minimum Gasteiger partial charge on any atom is -0.390 e. The van der Waals surface area contributed by atoms with Crippen LogP contribution in [0.1, 0.15) is 45.2 Å². The summed E-state index contributed by atoms with van der Waals surface area (Å²) < 4.78 is 0. The van der Waals surface area contributed by atoms with Crippen LogP contribution in [-0.2, 0) is 4.79 Å². The van der Waals surface area contributed by atoms with Crippen molar-refractivity contribution in [3.63, 3.8) is 0 Å². The number of benzene rings is 1. The van der Waals surface area contributed by atoms with E-state index in [4.69, 9.17) is 0 Å². The third-order valence-electron chi connectivity index (χ3n) is 3.89. The molecule has 3 atom stereocenters. The number of likely N-dealkylation sites (tertiary alicyclic amines) is 1. The molecule has 0 radical (unpaired) electrons. The van der Waals surface area contributed by atoms with Crippen LogP contribution in [-0.4, -0.2) is 28.1 Å². The van der Waals surface area contributed by atoms with Crippen molar-refractivity contribution >= 4 is 5.91 Å². The average Bonchev–Trinajstić information content (AvgIpc) is 2.64. The summed E-state index contributed by atoms with van der Waals surface area (Å²) in [7, 11) is 0. The number of aliphatic hydroxyl groups excluding tert-OH is 1. The molecule has 0 aliphatic carbocycles. The number of carbonyl (C=O) groups is 1. The van der Waals surface area contributed by atoms with Crippen molar-refractivity contribution in [2.24, 2.45) is 5.92 Å². The van der Waals surface area contributed by atoms with E-state index in [-0.39, 0.29) is 24.4 Å². The van der Waals surface area contributed by atoms with Crippen molar-refractivity contribution in [1.29, 1.82) is 0 Å². The van der Waals surface area contributed by atoms with Gasteiger partial charge in [0.1, 0.15) is 0 Å². The lowest BCUT2D eigenvalue weighted by Crippen LogP contribution is -2.39. The molecule has 104 valence electrons. The molecule has 1 aromatic carbocycles. The van der Waals surface area contributed by atoms with E-state index >= 15 is 0 Å². The Morgan fingerprint density at radius 1 is 1.26 bits per heavy atom. The zero-order valence-corrected chi connectivity index (χ0v) is 11.9. The molecule has 1 aliphatic rings. The van der Waals surface area contributed by atoms with Gasteiger partial charge in [0.15, 0.2) is 0 Å². The van der Waals surface area contributed by atoms with Gasteiger partial charge in [-0.25, -0.2) is 0 Å². The maximum Gasteiger partial charge on any atom is 0.226 e. The molecule has 3 heteroatoms. The predicted molar refractivity (Wildman–Crippen MR) is 75.6 cm³/mol. The van der Waals surface area contributed by atoms with Crippen LogP contribution in [0.25, 0.3) is 0 Å². The Labute approximate surface area is 115 Å². The first-order valence-electron chi connectivity index (χ1n) is 7.05. The summed E-state index contributed by atoms with van der Waals surface area (Å²) in [6.45, 7) is 6.29. The maximum atomic E-state index is 12.2. The number of hydrogen-bond acceptors (Lipinski definition) is 2. The Morgan fingerprint density at radius 2 is 1.89 bits per heavy atom. The van der Waals surface area contributed by atoms with Gasteiger partial charge in [-0.15, -0.1) is 0 Å². The molecular formula is C16H23NO2. The quantitative estimate of drug-likeness (QED) is 0.905. The Morgan fingerprint density at radius 3 is 2.47 bits per heavy atom. The van der Waals surface area contributed by atoms with Crippen molar-refractivity contribution in [2.45, 2.75) is 51.8 Å². The summed E-state index contributed by atoms with van der Waals surface area (Å²) in [6.07, 6.45) is 0.583. The molecule has 2 rings (SSSR count). The topological polar surface area (TPSA) is 40.5 Å². The molecular weight excluding hydrogens is 238 g/mol. The van der Waals surface area contributed by atoms with Gasteiger partial charge in [0.2, 0.25) is 5.91 Å². The number of nitrogens with zero attached hydrogens (tertiary/aromatic N) is 1. The van der Waals surface area contributed by atoms with E-state index in [1.165, 1.54) is 0 Å². The first kappa shape index (κ1) is 14.1. The molecule has 0 aromatic heterocycles. The van der Waals surface area contributed by atoms with E-state index in [1.54, 1.807) is 0 Å². The monoisotopic (exact) mass is 261 g/mol. The number of aliphatic hydroxyl groups is 1. The fraction of sp³-hybridized carbons (Fsp3) is 0.562. The molecule has 0 spiro atoms. The van der Waals surface area contributed by atoms with Crippen molar-refractivity contribution < 1.29 is 9.90 Å². The van der Waals surface area contributed by atoms with Gasteiger partial charge in [0.05, 0.1) is 24.6 Å². The second kappa shape index (κ2) is 5.74. The van der Waals surface area contributed by atoms with Gasteiger partial charge in [-0.05, 0) is 24.8 Å². The standard InChI is InChI=1S/C16H23NO2/c1-11(2)9-14-15(18)10-16(19)17(14)12(3)13-7-5-4-6-8-13/h4-8,11-12,14-15,18H,9-10H2,1-3H3/t12-,14+,15+/m1/s1. The molecule has 19 heavy (non-hydrogen) atoms. The van der Waals surface area contributed by atoms with Crippen LogP contribution in [0, 0.1) is 5.92 Å². The molecule has 1 amide bonds. The normalized spacial score (nSPS) is 25.1. The molecule has 3 nitrogen and oxygen atoms in total. The van der Waals surface area contributed by atoms with Crippen LogP contribution in [0.5, 0.6) is 0 Å². The lowest BCUT2D eigenvalue weighted by Gasteiger charge is -2.33. The maximum absolute atomic E-state index is 12.2. The number of amides is 1. The predicted octanol–water partition coefficient (Wildman–Crippen LogP) is 2.76. The van der Waals surface area contributed by atoms with Gasteiger partial charge in [-0.2, -0.15) is 0 Å². The Bertz CT molecular complexity index is 430. The van der Waals surface area contributed by atoms with E-state index in [9.17, 15) is 9.90 Å². The molecule has 0 bridgehead atoms. The van der Waals surface area contributed by atoms with Gasteiger partial charge in [0, 0.05) is 0 Å². The van der Waals surface area contributed by atoms with Crippen LogP contribution in [0.3, 0.4) is 0 Å². The van der Waals surface area contributed by atoms with Gasteiger partial charge in [0.25, 0.3) is 0 Å². The Balaban J connectivity index is 2.22. The molecule has 0 saturated carbocycles.